The average Bonchev–Trinajstić information content (AvgIpc) is 2.48. The van der Waals surface area contributed by atoms with E-state index >= 15 is 0 Å². The second kappa shape index (κ2) is 5.52. The summed E-state index contributed by atoms with van der Waals surface area (Å²) in [5, 5.41) is 23.1. The molecule has 1 heterocycles. The Morgan fingerprint density at radius 2 is 1.05 bits per heavy atom. The van der Waals surface area contributed by atoms with Gasteiger partial charge in [-0.15, -0.1) is 11.3 Å². The third-order valence-corrected chi connectivity index (χ3v) is 4.94. The molecule has 7 heteroatoms. The second-order valence-corrected chi connectivity index (χ2v) is 9.97. The molecule has 0 aromatic carbocycles. The van der Waals surface area contributed by atoms with E-state index in [0.29, 0.717) is 11.4 Å². The van der Waals surface area contributed by atoms with Crippen molar-refractivity contribution in [1.29, 1.82) is 0 Å². The predicted molar refractivity (Wildman–Crippen MR) is 87.8 cm³/mol. The van der Waals surface area contributed by atoms with Gasteiger partial charge in [-0.3, -0.25) is 10.4 Å². The van der Waals surface area contributed by atoms with Crippen LogP contribution in [0.15, 0.2) is 7.57 Å². The summed E-state index contributed by atoms with van der Waals surface area (Å²) in [6.07, 6.45) is 0. The lowest BCUT2D eigenvalue weighted by molar-refractivity contribution is 0.167. The van der Waals surface area contributed by atoms with E-state index < -0.39 is 11.1 Å². The fourth-order valence-corrected chi connectivity index (χ4v) is 4.45. The number of halogens is 2. The minimum absolute atomic E-state index is 0.476. The molecule has 110 valence electrons. The monoisotopic (exact) mass is 414 g/mol. The van der Waals surface area contributed by atoms with Gasteiger partial charge in [0.25, 0.3) is 0 Å². The minimum atomic E-state index is -0.476. The van der Waals surface area contributed by atoms with E-state index in [0.717, 1.165) is 7.57 Å². The molecule has 1 aromatic rings. The molecule has 0 aliphatic rings. The normalized spacial score (nSPS) is 12.7. The topological polar surface area (TPSA) is 46.9 Å². The molecular formula is C12H20Br2N2O2S. The zero-order valence-corrected chi connectivity index (χ0v) is 15.9. The molecule has 4 nitrogen and oxygen atoms in total. The zero-order chi connectivity index (χ0) is 15.2. The standard InChI is InChI=1S/C12H20Br2N2O2S/c1-11(2,3)15(17)7-8(10(14)19-9(7)13)16(18)12(4,5)6/h17-18H,1-6H3. The maximum Gasteiger partial charge on any atom is 0.116 e. The van der Waals surface area contributed by atoms with Gasteiger partial charge in [-0.25, -0.2) is 10.1 Å². The molecule has 0 fully saturated rings. The molecule has 0 bridgehead atoms. The molecule has 0 aliphatic carbocycles. The first-order chi connectivity index (χ1) is 8.37. The van der Waals surface area contributed by atoms with Crippen LogP contribution in [0.25, 0.3) is 0 Å². The highest BCUT2D eigenvalue weighted by atomic mass is 79.9. The molecule has 19 heavy (non-hydrogen) atoms. The molecule has 0 atom stereocenters. The van der Waals surface area contributed by atoms with Crippen molar-refractivity contribution in [3.8, 4) is 0 Å². The van der Waals surface area contributed by atoms with Gasteiger partial charge in [-0.2, -0.15) is 0 Å². The molecule has 0 saturated carbocycles. The molecule has 0 spiro atoms. The quantitative estimate of drug-likeness (QED) is 0.646. The van der Waals surface area contributed by atoms with Crippen molar-refractivity contribution in [2.75, 3.05) is 10.1 Å². The molecular weight excluding hydrogens is 396 g/mol. The first-order valence-electron chi connectivity index (χ1n) is 5.83. The summed E-state index contributed by atoms with van der Waals surface area (Å²) in [5.74, 6) is 0. The Bertz CT molecular complexity index is 423. The number of anilines is 2. The summed E-state index contributed by atoms with van der Waals surface area (Å²) in [6, 6.07) is 0. The van der Waals surface area contributed by atoms with E-state index in [4.69, 9.17) is 0 Å². The van der Waals surface area contributed by atoms with Crippen molar-refractivity contribution < 1.29 is 10.4 Å². The lowest BCUT2D eigenvalue weighted by Gasteiger charge is -2.36. The van der Waals surface area contributed by atoms with Crippen LogP contribution in [0.5, 0.6) is 0 Å². The Kier molecular flexibility index (Phi) is 5.01. The van der Waals surface area contributed by atoms with Crippen LogP contribution in [0.2, 0.25) is 0 Å². The Morgan fingerprint density at radius 3 is 1.26 bits per heavy atom. The fraction of sp³-hybridized carbons (Fsp3) is 0.667. The van der Waals surface area contributed by atoms with E-state index in [1.54, 1.807) is 0 Å². The Balaban J connectivity index is 3.42. The van der Waals surface area contributed by atoms with Crippen molar-refractivity contribution in [1.82, 2.24) is 0 Å². The largest absolute Gasteiger partial charge is 0.288 e. The third-order valence-electron chi connectivity index (χ3n) is 2.47. The third kappa shape index (κ3) is 3.64. The van der Waals surface area contributed by atoms with Crippen LogP contribution in [0.4, 0.5) is 11.4 Å². The summed E-state index contributed by atoms with van der Waals surface area (Å²) >= 11 is 8.31. The van der Waals surface area contributed by atoms with Crippen molar-refractivity contribution in [2.45, 2.75) is 52.6 Å². The van der Waals surface area contributed by atoms with E-state index in [2.05, 4.69) is 31.9 Å². The van der Waals surface area contributed by atoms with Gasteiger partial charge in [0.05, 0.1) is 18.7 Å². The van der Waals surface area contributed by atoms with Gasteiger partial charge in [0.1, 0.15) is 11.4 Å². The van der Waals surface area contributed by atoms with E-state index in [-0.39, 0.29) is 0 Å². The van der Waals surface area contributed by atoms with Gasteiger partial charge < -0.3 is 0 Å². The maximum absolute atomic E-state index is 10.4. The van der Waals surface area contributed by atoms with Crippen LogP contribution in [-0.2, 0) is 0 Å². The minimum Gasteiger partial charge on any atom is -0.288 e. The predicted octanol–water partition coefficient (Wildman–Crippen LogP) is 5.26. The number of rotatable bonds is 2. The molecule has 0 unspecified atom stereocenters. The maximum atomic E-state index is 10.4. The zero-order valence-electron chi connectivity index (χ0n) is 12.0. The smallest absolute Gasteiger partial charge is 0.116 e. The van der Waals surface area contributed by atoms with Gasteiger partial charge in [0.2, 0.25) is 0 Å². The number of hydrogen-bond acceptors (Lipinski definition) is 5. The summed E-state index contributed by atoms with van der Waals surface area (Å²) in [7, 11) is 0. The SMILES string of the molecule is CC(C)(C)N(O)c1c(Br)sc(Br)c1N(O)C(C)(C)C. The van der Waals surface area contributed by atoms with Gasteiger partial charge in [0.15, 0.2) is 0 Å². The van der Waals surface area contributed by atoms with E-state index in [1.165, 1.54) is 21.5 Å². The summed E-state index contributed by atoms with van der Waals surface area (Å²) < 4.78 is 1.52. The van der Waals surface area contributed by atoms with Gasteiger partial charge in [0, 0.05) is 0 Å². The van der Waals surface area contributed by atoms with E-state index in [1.807, 2.05) is 41.5 Å². The molecule has 2 N–H and O–H groups in total. The molecule has 0 saturated heterocycles. The average molecular weight is 416 g/mol. The number of hydroxylamine groups is 2. The van der Waals surface area contributed by atoms with Crippen LogP contribution in [0.1, 0.15) is 41.5 Å². The first kappa shape index (κ1) is 17.2. The molecule has 0 amide bonds. The highest BCUT2D eigenvalue weighted by Crippen LogP contribution is 2.50. The van der Waals surface area contributed by atoms with Crippen LogP contribution in [-0.4, -0.2) is 21.5 Å². The van der Waals surface area contributed by atoms with Crippen molar-refractivity contribution in [3.05, 3.63) is 7.57 Å². The van der Waals surface area contributed by atoms with Crippen LogP contribution >= 0.6 is 43.2 Å². The molecule has 0 radical (unpaired) electrons. The number of thiophene rings is 1. The van der Waals surface area contributed by atoms with Crippen LogP contribution in [0.3, 0.4) is 0 Å². The van der Waals surface area contributed by atoms with Crippen molar-refractivity contribution in [2.24, 2.45) is 0 Å². The van der Waals surface area contributed by atoms with Gasteiger partial charge in [-0.05, 0) is 73.4 Å². The summed E-state index contributed by atoms with van der Waals surface area (Å²) in [4.78, 5) is 0. The molecule has 1 rings (SSSR count). The van der Waals surface area contributed by atoms with Crippen LogP contribution < -0.4 is 10.1 Å². The Hall–Kier alpha value is 0.180. The molecule has 0 aliphatic heterocycles. The van der Waals surface area contributed by atoms with Crippen molar-refractivity contribution in [3.63, 3.8) is 0 Å². The highest BCUT2D eigenvalue weighted by molar-refractivity contribution is 9.12. The van der Waals surface area contributed by atoms with Crippen molar-refractivity contribution >= 4 is 54.6 Å². The lowest BCUT2D eigenvalue weighted by Crippen LogP contribution is -2.42. The fourth-order valence-electron chi connectivity index (χ4n) is 1.40. The first-order valence-corrected chi connectivity index (χ1v) is 8.23. The molecule has 1 aromatic heterocycles. The number of nitrogens with zero attached hydrogens (tertiary/aromatic N) is 2. The van der Waals surface area contributed by atoms with Gasteiger partial charge in [-0.1, -0.05) is 0 Å². The summed E-state index contributed by atoms with van der Waals surface area (Å²) in [6.45, 7) is 11.4. The Labute approximate surface area is 135 Å². The second-order valence-electron chi connectivity index (χ2n) is 6.31. The lowest BCUT2D eigenvalue weighted by atomic mass is 10.1. The van der Waals surface area contributed by atoms with Gasteiger partial charge >= 0.3 is 0 Å². The van der Waals surface area contributed by atoms with E-state index in [9.17, 15) is 10.4 Å². The van der Waals surface area contributed by atoms with Crippen LogP contribution in [0, 0.1) is 0 Å². The Morgan fingerprint density at radius 1 is 0.789 bits per heavy atom. The number of hydrogen-bond donors (Lipinski definition) is 2. The summed E-state index contributed by atoms with van der Waals surface area (Å²) in [5.41, 5.74) is 0.163. The highest BCUT2D eigenvalue weighted by Gasteiger charge is 2.33.